The molecule has 54 heavy (non-hydrogen) atoms. The molecule has 314 valence electrons. The molecule has 8 saturated carbocycles. The summed E-state index contributed by atoms with van der Waals surface area (Å²) in [7, 11) is 0. The topological polar surface area (TPSA) is 35.5 Å². The van der Waals surface area contributed by atoms with Crippen molar-refractivity contribution < 1.29 is 27.5 Å². The molecule has 16 atom stereocenters. The van der Waals surface area contributed by atoms with Crippen molar-refractivity contribution in [2.75, 3.05) is 13.2 Å². The fraction of sp³-hybridized carbons (Fsp3) is 0.978. The maximum absolute atomic E-state index is 12.2. The van der Waals surface area contributed by atoms with Crippen LogP contribution in [-0.2, 0) is 14.3 Å². The quantitative estimate of drug-likeness (QED) is 0.259. The van der Waals surface area contributed by atoms with Gasteiger partial charge < -0.3 is 9.47 Å². The third kappa shape index (κ3) is 8.50. The minimum absolute atomic E-state index is 0.308. The molecule has 6 unspecified atom stereocenters. The van der Waals surface area contributed by atoms with Crippen molar-refractivity contribution in [1.29, 1.82) is 0 Å². The average Bonchev–Trinajstić information content (AvgIpc) is 3.85. The Balaban J connectivity index is 0.000000166. The van der Waals surface area contributed by atoms with E-state index in [1.54, 1.807) is 0 Å². The van der Waals surface area contributed by atoms with Crippen molar-refractivity contribution in [3.8, 4) is 0 Å². The summed E-state index contributed by atoms with van der Waals surface area (Å²) in [5.41, 5.74) is 2.02. The predicted molar refractivity (Wildman–Crippen MR) is 256 cm³/mol. The first-order chi connectivity index (χ1) is 25.6. The Morgan fingerprint density at radius 3 is 1.44 bits per heavy atom. The molecule has 0 bridgehead atoms. The van der Waals surface area contributed by atoms with Crippen molar-refractivity contribution >= 4 is 80.2 Å². The fourth-order valence-corrected chi connectivity index (χ4v) is 17.2. The normalized spacial score (nSPS) is 51.1. The van der Waals surface area contributed by atoms with Crippen LogP contribution in [-0.4, -0.2) is 24.8 Å². The summed E-state index contributed by atoms with van der Waals surface area (Å²) in [4.78, 5) is 12.2. The summed E-state index contributed by atoms with van der Waals surface area (Å²) >= 11 is 9.54. The van der Waals surface area contributed by atoms with Gasteiger partial charge in [-0.2, -0.15) is 0 Å². The second-order valence-corrected chi connectivity index (χ2v) is 38.0. The van der Waals surface area contributed by atoms with Gasteiger partial charge in [0.05, 0.1) is 13.2 Å². The number of carbonyl (C=O) groups excluding carboxylic acids is 1. The first-order valence-corrected chi connectivity index (χ1v) is 41.3. The average molecular weight is 1310 g/mol. The minimum atomic E-state index is -0.308. The molecule has 8 heteroatoms. The van der Waals surface area contributed by atoms with Crippen LogP contribution in [0.1, 0.15) is 171 Å². The Labute approximate surface area is 385 Å². The molecule has 0 spiro atoms. The Morgan fingerprint density at radius 1 is 0.556 bits per heavy atom. The van der Waals surface area contributed by atoms with Crippen LogP contribution in [0.4, 0.5) is 0 Å². The zero-order valence-electron chi connectivity index (χ0n) is 35.2. The number of hydrogen-bond donors (Lipinski definition) is 0. The standard InChI is InChI=1S/C24H40O2.C22H36O.I3.I2/c1-16-9-11-22(2)17(15-16)5-6-18-19-7-8-21(24(4)25-13-14-26-24)23(19,3)12-10-20(18)22;1-14-9-11-21(3)16(13-14)5-6-17-19-8-7-18(15(2)23)22(19,4)12-10-20(17)21;1-3-2;1-2/h16-21H,5-15H2,1-4H3;14,16-20H,5-13H2,1-4H3;;/q;;-1;/t16-,17+,18?,19?,20?,21+,22+,23+;14-,16+,17?,18-,19?,20?,21+,22-;;/m11../s1. The van der Waals surface area contributed by atoms with E-state index in [2.05, 4.69) is 123 Å². The number of rotatable bonds is 2. The van der Waals surface area contributed by atoms with Gasteiger partial charge in [-0.15, -0.1) is 0 Å². The molecule has 9 fully saturated rings. The van der Waals surface area contributed by atoms with Crippen LogP contribution >= 0.6 is 74.5 Å². The van der Waals surface area contributed by atoms with Crippen LogP contribution < -0.4 is 13.3 Å². The van der Waals surface area contributed by atoms with E-state index in [1.165, 1.54) is 116 Å². The number of hydrogen-bond acceptors (Lipinski definition) is 3. The molecule has 1 heterocycles. The van der Waals surface area contributed by atoms with E-state index in [1.807, 2.05) is 6.92 Å². The summed E-state index contributed by atoms with van der Waals surface area (Å²) < 4.78 is 12.3. The van der Waals surface area contributed by atoms with Crippen molar-refractivity contribution in [3.63, 3.8) is 0 Å². The van der Waals surface area contributed by atoms with Crippen molar-refractivity contribution in [1.82, 2.24) is 0 Å². The van der Waals surface area contributed by atoms with Gasteiger partial charge in [-0.05, 0) is 197 Å². The Bertz CT molecular complexity index is 1280. The molecule has 0 radical (unpaired) electrons. The van der Waals surface area contributed by atoms with Crippen molar-refractivity contribution in [2.24, 2.45) is 92.7 Å². The molecule has 8 aliphatic carbocycles. The zero-order chi connectivity index (χ0) is 39.3. The molecule has 1 aliphatic heterocycles. The molecule has 0 amide bonds. The SMILES string of the molecule is CC(=O)[C@H]1CCC2C3CC[C@H]4C[C@H](C)CC[C@]4(C)C3CC[C@@]21C.C[C@@H]1CC[C@]2(C)C3CC[C@@]4(C)C(CC[C@@H]4C4(C)OCCO4)C3CC[C@H]2C1.II.I[I-]I. The number of halogens is 5. The van der Waals surface area contributed by atoms with E-state index in [9.17, 15) is 4.79 Å². The van der Waals surface area contributed by atoms with E-state index in [-0.39, 0.29) is 5.79 Å². The number of fused-ring (bicyclic) bond motifs is 10. The van der Waals surface area contributed by atoms with Gasteiger partial charge in [-0.25, -0.2) is 0 Å². The van der Waals surface area contributed by atoms with Gasteiger partial charge in [-0.3, -0.25) is 4.79 Å². The molecule has 3 nitrogen and oxygen atoms in total. The first kappa shape index (κ1) is 46.7. The maximum atomic E-state index is 12.2. The van der Waals surface area contributed by atoms with E-state index < -0.39 is 0 Å². The third-order valence-corrected chi connectivity index (χ3v) is 19.8. The molecule has 0 N–H and O–H groups in total. The van der Waals surface area contributed by atoms with Crippen LogP contribution in [0.15, 0.2) is 0 Å². The summed E-state index contributed by atoms with van der Waals surface area (Å²) in [6.45, 7) is 21.1. The van der Waals surface area contributed by atoms with Gasteiger partial charge in [0.25, 0.3) is 0 Å². The number of ether oxygens (including phenoxy) is 2. The Hall–Kier alpha value is 3.24. The van der Waals surface area contributed by atoms with Crippen LogP contribution in [0.5, 0.6) is 0 Å². The van der Waals surface area contributed by atoms with Gasteiger partial charge in [0.15, 0.2) is 5.79 Å². The number of ketones is 1. The van der Waals surface area contributed by atoms with Crippen molar-refractivity contribution in [2.45, 2.75) is 177 Å². The van der Waals surface area contributed by atoms with E-state index >= 15 is 0 Å². The molecule has 1 saturated heterocycles. The van der Waals surface area contributed by atoms with Gasteiger partial charge in [0.2, 0.25) is 0 Å². The number of carbonyl (C=O) groups is 1. The van der Waals surface area contributed by atoms with Gasteiger partial charge in [0.1, 0.15) is 5.78 Å². The summed E-state index contributed by atoms with van der Waals surface area (Å²) in [5, 5.41) is 0. The van der Waals surface area contributed by atoms with Crippen LogP contribution in [0.3, 0.4) is 0 Å². The van der Waals surface area contributed by atoms with Crippen LogP contribution in [0, 0.1) is 92.7 Å². The third-order valence-electron chi connectivity index (χ3n) is 19.8. The fourth-order valence-electron chi connectivity index (χ4n) is 17.2. The molecule has 0 aromatic rings. The van der Waals surface area contributed by atoms with Crippen LogP contribution in [0.25, 0.3) is 0 Å². The summed E-state index contributed by atoms with van der Waals surface area (Å²) in [5.74, 6) is 10.6. The zero-order valence-corrected chi connectivity index (χ0v) is 46.0. The van der Waals surface area contributed by atoms with Gasteiger partial charge >= 0.3 is 50.5 Å². The molecule has 9 rings (SSSR count). The van der Waals surface area contributed by atoms with Crippen LogP contribution in [0.2, 0.25) is 0 Å². The molecule has 0 aromatic heterocycles. The molecule has 9 aliphatic rings. The molecular weight excluding hydrogens is 1240 g/mol. The number of Topliss-reactive ketones (excluding diaryl/α,β-unsaturated/α-hetero) is 1. The van der Waals surface area contributed by atoms with E-state index in [4.69, 9.17) is 9.47 Å². The second kappa shape index (κ2) is 18.9. The second-order valence-electron chi connectivity index (χ2n) is 21.8. The van der Waals surface area contributed by atoms with E-state index in [0.717, 1.165) is 72.4 Å². The molecular formula is C46H76I5O3-. The van der Waals surface area contributed by atoms with Gasteiger partial charge in [-0.1, -0.05) is 54.4 Å². The first-order valence-electron chi connectivity index (χ1n) is 22.4. The Morgan fingerprint density at radius 2 is 0.963 bits per heavy atom. The summed E-state index contributed by atoms with van der Waals surface area (Å²) in [6.07, 6.45) is 25.7. The monoisotopic (exact) mass is 1310 g/mol. The predicted octanol–water partition coefficient (Wildman–Crippen LogP) is 12.5. The van der Waals surface area contributed by atoms with Crippen molar-refractivity contribution in [3.05, 3.63) is 0 Å². The Kier molecular flexibility index (Phi) is 16.4. The summed E-state index contributed by atoms with van der Waals surface area (Å²) in [6, 6.07) is 0. The molecule has 0 aromatic carbocycles. The van der Waals surface area contributed by atoms with E-state index in [0.29, 0.717) is 52.5 Å². The van der Waals surface area contributed by atoms with Gasteiger partial charge in [0, 0.05) is 49.1 Å².